The molecule has 0 saturated carbocycles. The Morgan fingerprint density at radius 3 is 3.06 bits per heavy atom. The number of nitriles is 1. The van der Waals surface area contributed by atoms with Crippen molar-refractivity contribution in [1.82, 2.24) is 4.90 Å². The molecule has 1 aromatic rings. The summed E-state index contributed by atoms with van der Waals surface area (Å²) < 4.78 is 5.52. The first-order chi connectivity index (χ1) is 8.77. The number of fused-ring (bicyclic) bond motifs is 1. The molecule has 1 aliphatic rings. The molecule has 0 radical (unpaired) electrons. The fourth-order valence-electron chi connectivity index (χ4n) is 2.20. The van der Waals surface area contributed by atoms with Crippen molar-refractivity contribution in [3.05, 3.63) is 29.8 Å². The Balaban J connectivity index is 2.13. The number of benzene rings is 1. The number of amides is 1. The third-order valence-electron chi connectivity index (χ3n) is 3.18. The van der Waals surface area contributed by atoms with Crippen molar-refractivity contribution >= 4 is 5.91 Å². The zero-order valence-corrected chi connectivity index (χ0v) is 10.4. The highest BCUT2D eigenvalue weighted by Crippen LogP contribution is 2.34. The van der Waals surface area contributed by atoms with Gasteiger partial charge in [-0.3, -0.25) is 4.79 Å². The fraction of sp³-hybridized carbons (Fsp3) is 0.429. The third-order valence-corrected chi connectivity index (χ3v) is 3.18. The Hall–Kier alpha value is -2.02. The molecule has 0 fully saturated rings. The molecule has 1 atom stereocenters. The van der Waals surface area contributed by atoms with Crippen molar-refractivity contribution in [3.63, 3.8) is 0 Å². The molecule has 0 spiro atoms. The van der Waals surface area contributed by atoms with Crippen LogP contribution in [0.1, 0.15) is 24.8 Å². The average Bonchev–Trinajstić information content (AvgIpc) is 2.83. The van der Waals surface area contributed by atoms with Crippen LogP contribution in [0.5, 0.6) is 5.75 Å². The first-order valence-electron chi connectivity index (χ1n) is 6.15. The second-order valence-corrected chi connectivity index (χ2v) is 4.23. The summed E-state index contributed by atoms with van der Waals surface area (Å²) in [4.78, 5) is 14.1. The van der Waals surface area contributed by atoms with Gasteiger partial charge in [0.2, 0.25) is 5.91 Å². The van der Waals surface area contributed by atoms with E-state index in [1.807, 2.05) is 31.2 Å². The minimum absolute atomic E-state index is 0.0534. The molecule has 1 aliphatic heterocycles. The molecule has 0 N–H and O–H groups in total. The molecule has 0 bridgehead atoms. The van der Waals surface area contributed by atoms with Crippen LogP contribution >= 0.6 is 0 Å². The molecule has 94 valence electrons. The number of carbonyl (C=O) groups excluding carboxylic acids is 1. The highest BCUT2D eigenvalue weighted by molar-refractivity contribution is 5.85. The van der Waals surface area contributed by atoms with E-state index >= 15 is 0 Å². The topological polar surface area (TPSA) is 53.3 Å². The Kier molecular flexibility index (Phi) is 3.83. The minimum atomic E-state index is -0.222. The number of hydrogen-bond donors (Lipinski definition) is 0. The van der Waals surface area contributed by atoms with Crippen LogP contribution in [0.25, 0.3) is 0 Å². The van der Waals surface area contributed by atoms with E-state index in [0.29, 0.717) is 26.1 Å². The van der Waals surface area contributed by atoms with Gasteiger partial charge in [0.1, 0.15) is 18.3 Å². The highest BCUT2D eigenvalue weighted by atomic mass is 16.5. The Morgan fingerprint density at radius 2 is 2.33 bits per heavy atom. The minimum Gasteiger partial charge on any atom is -0.492 e. The number of carbonyl (C=O) groups is 1. The Bertz CT molecular complexity index is 479. The standard InChI is InChI=1S/C14H16N2O2/c1-2-16(9-5-8-15)14(17)12-10-18-13-7-4-3-6-11(12)13/h3-4,6-7,12H,2,5,9-10H2,1H3. The van der Waals surface area contributed by atoms with Gasteiger partial charge in [-0.05, 0) is 13.0 Å². The summed E-state index contributed by atoms with van der Waals surface area (Å²) in [6, 6.07) is 9.71. The summed E-state index contributed by atoms with van der Waals surface area (Å²) in [5.74, 6) is 0.629. The lowest BCUT2D eigenvalue weighted by Crippen LogP contribution is -2.36. The number of likely N-dealkylation sites (N-methyl/N-ethyl adjacent to an activating group) is 1. The van der Waals surface area contributed by atoms with Gasteiger partial charge in [-0.2, -0.15) is 5.26 Å². The summed E-state index contributed by atoms with van der Waals surface area (Å²) in [7, 11) is 0. The summed E-state index contributed by atoms with van der Waals surface area (Å²) in [6.07, 6.45) is 0.370. The largest absolute Gasteiger partial charge is 0.492 e. The third kappa shape index (κ3) is 2.30. The van der Waals surface area contributed by atoms with Gasteiger partial charge in [-0.1, -0.05) is 18.2 Å². The van der Waals surface area contributed by atoms with Crippen LogP contribution in [-0.2, 0) is 4.79 Å². The molecule has 1 heterocycles. The van der Waals surface area contributed by atoms with Crippen LogP contribution in [0.2, 0.25) is 0 Å². The SMILES string of the molecule is CCN(CCC#N)C(=O)C1COc2ccccc21. The second kappa shape index (κ2) is 5.54. The summed E-state index contributed by atoms with van der Waals surface area (Å²) in [5, 5.41) is 8.60. The van der Waals surface area contributed by atoms with Crippen LogP contribution in [0, 0.1) is 11.3 Å². The fourth-order valence-corrected chi connectivity index (χ4v) is 2.20. The van der Waals surface area contributed by atoms with Crippen molar-refractivity contribution < 1.29 is 9.53 Å². The maximum absolute atomic E-state index is 12.4. The van der Waals surface area contributed by atoms with E-state index < -0.39 is 0 Å². The van der Waals surface area contributed by atoms with Gasteiger partial charge in [0, 0.05) is 18.7 Å². The first-order valence-corrected chi connectivity index (χ1v) is 6.15. The lowest BCUT2D eigenvalue weighted by atomic mass is 10.00. The number of ether oxygens (including phenoxy) is 1. The number of para-hydroxylation sites is 1. The quantitative estimate of drug-likeness (QED) is 0.813. The van der Waals surface area contributed by atoms with Crippen molar-refractivity contribution in [2.24, 2.45) is 0 Å². The predicted octanol–water partition coefficient (Wildman–Crippen LogP) is 1.92. The molecule has 1 aromatic carbocycles. The van der Waals surface area contributed by atoms with E-state index in [2.05, 4.69) is 6.07 Å². The van der Waals surface area contributed by atoms with Gasteiger partial charge >= 0.3 is 0 Å². The monoisotopic (exact) mass is 244 g/mol. The van der Waals surface area contributed by atoms with E-state index in [9.17, 15) is 4.79 Å². The van der Waals surface area contributed by atoms with Crippen molar-refractivity contribution in [1.29, 1.82) is 5.26 Å². The molecule has 0 saturated heterocycles. The van der Waals surface area contributed by atoms with Crippen molar-refractivity contribution in [2.75, 3.05) is 19.7 Å². The highest BCUT2D eigenvalue weighted by Gasteiger charge is 2.32. The van der Waals surface area contributed by atoms with Gasteiger partial charge in [0.15, 0.2) is 0 Å². The first kappa shape index (κ1) is 12.4. The maximum Gasteiger partial charge on any atom is 0.233 e. The van der Waals surface area contributed by atoms with Crippen LogP contribution in [-0.4, -0.2) is 30.5 Å². The van der Waals surface area contributed by atoms with Crippen molar-refractivity contribution in [3.8, 4) is 11.8 Å². The average molecular weight is 244 g/mol. The summed E-state index contributed by atoms with van der Waals surface area (Å²) in [6.45, 7) is 3.45. The molecule has 18 heavy (non-hydrogen) atoms. The number of rotatable bonds is 4. The van der Waals surface area contributed by atoms with E-state index in [1.54, 1.807) is 4.90 Å². The molecule has 1 unspecified atom stereocenters. The zero-order valence-electron chi connectivity index (χ0n) is 10.4. The Labute approximate surface area is 107 Å². The molecule has 4 nitrogen and oxygen atoms in total. The zero-order chi connectivity index (χ0) is 13.0. The summed E-state index contributed by atoms with van der Waals surface area (Å²) in [5.41, 5.74) is 0.956. The van der Waals surface area contributed by atoms with Gasteiger partial charge in [-0.15, -0.1) is 0 Å². The summed E-state index contributed by atoms with van der Waals surface area (Å²) >= 11 is 0. The van der Waals surface area contributed by atoms with E-state index in [-0.39, 0.29) is 11.8 Å². The number of hydrogen-bond acceptors (Lipinski definition) is 3. The molecule has 4 heteroatoms. The molecule has 0 aromatic heterocycles. The predicted molar refractivity (Wildman–Crippen MR) is 67.2 cm³/mol. The van der Waals surface area contributed by atoms with Crippen molar-refractivity contribution in [2.45, 2.75) is 19.3 Å². The van der Waals surface area contributed by atoms with Gasteiger partial charge in [0.25, 0.3) is 0 Å². The van der Waals surface area contributed by atoms with Crippen LogP contribution in [0.4, 0.5) is 0 Å². The molecular formula is C14H16N2O2. The van der Waals surface area contributed by atoms with E-state index in [0.717, 1.165) is 11.3 Å². The lowest BCUT2D eigenvalue weighted by Gasteiger charge is -2.22. The van der Waals surface area contributed by atoms with Crippen LogP contribution in [0.3, 0.4) is 0 Å². The van der Waals surface area contributed by atoms with Crippen LogP contribution < -0.4 is 4.74 Å². The van der Waals surface area contributed by atoms with E-state index in [1.165, 1.54) is 0 Å². The van der Waals surface area contributed by atoms with Crippen LogP contribution in [0.15, 0.2) is 24.3 Å². The lowest BCUT2D eigenvalue weighted by molar-refractivity contribution is -0.132. The Morgan fingerprint density at radius 1 is 1.56 bits per heavy atom. The smallest absolute Gasteiger partial charge is 0.233 e. The second-order valence-electron chi connectivity index (χ2n) is 4.23. The number of nitrogens with zero attached hydrogens (tertiary/aromatic N) is 2. The normalized spacial score (nSPS) is 16.6. The van der Waals surface area contributed by atoms with Gasteiger partial charge in [0.05, 0.1) is 12.5 Å². The molecule has 0 aliphatic carbocycles. The molecule has 2 rings (SSSR count). The maximum atomic E-state index is 12.4. The molecule has 1 amide bonds. The van der Waals surface area contributed by atoms with Gasteiger partial charge in [-0.25, -0.2) is 0 Å². The molecular weight excluding hydrogens is 228 g/mol. The van der Waals surface area contributed by atoms with E-state index in [4.69, 9.17) is 10.00 Å². The van der Waals surface area contributed by atoms with Gasteiger partial charge < -0.3 is 9.64 Å².